The van der Waals surface area contributed by atoms with Gasteiger partial charge in [-0.25, -0.2) is 0 Å². The number of hydrogen-bond acceptors (Lipinski definition) is 6. The first-order valence-electron chi connectivity index (χ1n) is 11.4. The molecule has 0 radical (unpaired) electrons. The van der Waals surface area contributed by atoms with Crippen molar-refractivity contribution in [3.05, 3.63) is 28.8 Å². The highest BCUT2D eigenvalue weighted by Crippen LogP contribution is 2.55. The van der Waals surface area contributed by atoms with Crippen LogP contribution in [0.15, 0.2) is 18.2 Å². The van der Waals surface area contributed by atoms with Crippen LogP contribution in [0.2, 0.25) is 5.02 Å². The van der Waals surface area contributed by atoms with Crippen LogP contribution in [0.3, 0.4) is 0 Å². The van der Waals surface area contributed by atoms with Gasteiger partial charge in [-0.1, -0.05) is 11.6 Å². The molecule has 4 saturated carbocycles. The van der Waals surface area contributed by atoms with E-state index in [1.165, 1.54) is 6.07 Å². The Hall–Kier alpha value is -2.37. The van der Waals surface area contributed by atoms with Crippen molar-refractivity contribution in [2.45, 2.75) is 80.7 Å². The van der Waals surface area contributed by atoms with E-state index in [0.29, 0.717) is 42.0 Å². The van der Waals surface area contributed by atoms with Crippen LogP contribution in [-0.4, -0.2) is 60.0 Å². The number of fused-ring (bicyclic) bond motifs is 2. The summed E-state index contributed by atoms with van der Waals surface area (Å²) in [4.78, 5) is 37.6. The largest absolute Gasteiger partial charge is 0.522 e. The first-order valence-corrected chi connectivity index (χ1v) is 11.8. The molecule has 2 bridgehead atoms. The second kappa shape index (κ2) is 8.63. The molecule has 1 atom stereocenters. The summed E-state index contributed by atoms with van der Waals surface area (Å²) in [5.74, 6) is -0.600. The fourth-order valence-electron chi connectivity index (χ4n) is 5.63. The number of ether oxygens (including phenoxy) is 3. The highest BCUT2D eigenvalue weighted by molar-refractivity contribution is 6.31. The van der Waals surface area contributed by atoms with Crippen LogP contribution < -0.4 is 15.4 Å². The predicted molar refractivity (Wildman–Crippen MR) is 115 cm³/mol. The molecule has 1 aromatic carbocycles. The average molecular weight is 517 g/mol. The molecule has 1 aromatic rings. The summed E-state index contributed by atoms with van der Waals surface area (Å²) < 4.78 is 51.5. The Kier molecular flexibility index (Phi) is 6.00. The predicted octanol–water partition coefficient (Wildman–Crippen LogP) is 3.06. The zero-order valence-corrected chi connectivity index (χ0v) is 19.3. The molecule has 0 saturated heterocycles. The van der Waals surface area contributed by atoms with Crippen molar-refractivity contribution < 1.29 is 41.8 Å². The second-order valence-corrected chi connectivity index (χ2v) is 10.4. The van der Waals surface area contributed by atoms with Gasteiger partial charge in [0.05, 0.1) is 24.2 Å². The Morgan fingerprint density at radius 3 is 2.49 bits per heavy atom. The summed E-state index contributed by atoms with van der Waals surface area (Å²) in [5, 5.41) is 6.38. The summed E-state index contributed by atoms with van der Waals surface area (Å²) in [6, 6.07) is 4.69. The Labute approximate surface area is 203 Å². The molecule has 35 heavy (non-hydrogen) atoms. The SMILES string of the molecule is O=C(CO[C@H]1C[C@@H](OC(F)(F)F)C1)NC12CCC(NC(=O)[C@H]3CC(=O)c4cc(Cl)ccc4O3)(C1)C2. The van der Waals surface area contributed by atoms with Gasteiger partial charge in [0.15, 0.2) is 11.9 Å². The minimum atomic E-state index is -4.67. The third-order valence-electron chi connectivity index (χ3n) is 7.21. The maximum absolute atomic E-state index is 12.9. The monoisotopic (exact) mass is 516 g/mol. The molecule has 1 aliphatic heterocycles. The van der Waals surface area contributed by atoms with E-state index in [2.05, 4.69) is 15.4 Å². The van der Waals surface area contributed by atoms with Crippen LogP contribution in [-0.2, 0) is 19.1 Å². The lowest BCUT2D eigenvalue weighted by atomic mass is 9.71. The zero-order valence-electron chi connectivity index (χ0n) is 18.6. The normalized spacial score (nSPS) is 33.1. The number of Topliss-reactive ketones (excluding diaryl/α,β-unsaturated/α-hetero) is 1. The van der Waals surface area contributed by atoms with Crippen molar-refractivity contribution in [3.63, 3.8) is 0 Å². The van der Waals surface area contributed by atoms with Gasteiger partial charge in [0.2, 0.25) is 5.91 Å². The van der Waals surface area contributed by atoms with Crippen molar-refractivity contribution in [2.75, 3.05) is 6.61 Å². The lowest BCUT2D eigenvalue weighted by molar-refractivity contribution is -0.357. The summed E-state index contributed by atoms with van der Waals surface area (Å²) in [5.41, 5.74) is -0.547. The van der Waals surface area contributed by atoms with Crippen molar-refractivity contribution in [1.82, 2.24) is 10.6 Å². The van der Waals surface area contributed by atoms with E-state index < -0.39 is 35.8 Å². The van der Waals surface area contributed by atoms with Crippen LogP contribution in [0, 0.1) is 0 Å². The molecule has 5 aliphatic rings. The maximum atomic E-state index is 12.9. The molecule has 8 nitrogen and oxygen atoms in total. The number of hydrogen-bond donors (Lipinski definition) is 2. The van der Waals surface area contributed by atoms with Gasteiger partial charge < -0.3 is 20.1 Å². The van der Waals surface area contributed by atoms with Gasteiger partial charge in [-0.2, -0.15) is 0 Å². The first-order chi connectivity index (χ1) is 16.4. The van der Waals surface area contributed by atoms with Crippen molar-refractivity contribution >= 4 is 29.2 Å². The van der Waals surface area contributed by atoms with Crippen molar-refractivity contribution in [1.29, 1.82) is 0 Å². The molecule has 0 unspecified atom stereocenters. The van der Waals surface area contributed by atoms with Crippen LogP contribution >= 0.6 is 11.6 Å². The number of rotatable bonds is 7. The molecule has 0 aromatic heterocycles. The lowest BCUT2D eigenvalue weighted by Gasteiger charge is -2.48. The molecule has 12 heteroatoms. The fourth-order valence-corrected chi connectivity index (χ4v) is 5.80. The number of halogens is 4. The zero-order chi connectivity index (χ0) is 25.0. The van der Waals surface area contributed by atoms with Gasteiger partial charge in [0, 0.05) is 28.9 Å². The van der Waals surface area contributed by atoms with E-state index in [-0.39, 0.29) is 43.5 Å². The highest BCUT2D eigenvalue weighted by Gasteiger charge is 2.62. The van der Waals surface area contributed by atoms with Crippen molar-refractivity contribution in [2.24, 2.45) is 0 Å². The summed E-state index contributed by atoms with van der Waals surface area (Å²) >= 11 is 5.93. The van der Waals surface area contributed by atoms with Crippen LogP contribution in [0.1, 0.15) is 55.3 Å². The minimum Gasteiger partial charge on any atom is -0.479 e. The van der Waals surface area contributed by atoms with Crippen molar-refractivity contribution in [3.8, 4) is 5.75 Å². The molecular weight excluding hydrogens is 493 g/mol. The number of carbonyl (C=O) groups is 3. The number of nitrogens with one attached hydrogen (secondary N) is 2. The van der Waals surface area contributed by atoms with Crippen LogP contribution in [0.4, 0.5) is 13.2 Å². The van der Waals surface area contributed by atoms with E-state index in [0.717, 1.165) is 0 Å². The third kappa shape index (κ3) is 5.12. The first kappa shape index (κ1) is 24.3. The second-order valence-electron chi connectivity index (χ2n) is 9.92. The molecule has 2 N–H and O–H groups in total. The Balaban J connectivity index is 1.06. The average Bonchev–Trinajstić information content (AvgIpc) is 3.23. The summed E-state index contributed by atoms with van der Waals surface area (Å²) in [7, 11) is 0. The van der Waals surface area contributed by atoms with Gasteiger partial charge in [0.25, 0.3) is 5.91 Å². The standard InChI is InChI=1S/C23H24ClF3N2O6/c24-12-1-2-17-15(5-12)16(30)8-18(34-17)20(32)29-22-4-3-21(10-22,11-22)28-19(31)9-33-13-6-14(7-13)35-23(25,26)27/h1-2,5,13-14,18H,3-4,6-11H2,(H,28,31)(H,29,32)/t13-,14+,18-,21?,22?/m1/s1. The Morgan fingerprint density at radius 2 is 1.80 bits per heavy atom. The quantitative estimate of drug-likeness (QED) is 0.577. The van der Waals surface area contributed by atoms with Gasteiger partial charge in [-0.3, -0.25) is 19.1 Å². The molecule has 0 spiro atoms. The van der Waals surface area contributed by atoms with E-state index in [4.69, 9.17) is 21.1 Å². The minimum absolute atomic E-state index is 0.0789. The Morgan fingerprint density at radius 1 is 1.11 bits per heavy atom. The molecule has 2 amide bonds. The summed E-state index contributed by atoms with van der Waals surface area (Å²) in [6.07, 6.45) is -4.41. The molecule has 4 aliphatic carbocycles. The highest BCUT2D eigenvalue weighted by atomic mass is 35.5. The molecule has 4 fully saturated rings. The van der Waals surface area contributed by atoms with Crippen LogP contribution in [0.25, 0.3) is 0 Å². The van der Waals surface area contributed by atoms with Gasteiger partial charge in [-0.05, 0) is 43.9 Å². The number of ketones is 1. The Bertz CT molecular complexity index is 1050. The van der Waals surface area contributed by atoms with Gasteiger partial charge in [0.1, 0.15) is 12.4 Å². The molecule has 190 valence electrons. The van der Waals surface area contributed by atoms with Gasteiger partial charge >= 0.3 is 6.36 Å². The fraction of sp³-hybridized carbons (Fsp3) is 0.609. The van der Waals surface area contributed by atoms with E-state index in [1.54, 1.807) is 12.1 Å². The smallest absolute Gasteiger partial charge is 0.479 e. The number of carbonyl (C=O) groups excluding carboxylic acids is 3. The lowest BCUT2D eigenvalue weighted by Crippen LogP contribution is -2.66. The van der Waals surface area contributed by atoms with E-state index in [9.17, 15) is 27.6 Å². The van der Waals surface area contributed by atoms with Crippen LogP contribution in [0.5, 0.6) is 5.75 Å². The van der Waals surface area contributed by atoms with E-state index in [1.807, 2.05) is 0 Å². The number of alkyl halides is 3. The summed E-state index contributed by atoms with van der Waals surface area (Å²) in [6.45, 7) is -0.244. The molecule has 1 heterocycles. The number of benzene rings is 1. The molecule has 6 rings (SSSR count). The van der Waals surface area contributed by atoms with E-state index >= 15 is 0 Å². The maximum Gasteiger partial charge on any atom is 0.522 e. The topological polar surface area (TPSA) is 103 Å². The number of amides is 2. The van der Waals surface area contributed by atoms with Gasteiger partial charge in [-0.15, -0.1) is 13.2 Å². The molecular formula is C23H24ClF3N2O6. The third-order valence-corrected chi connectivity index (χ3v) is 7.44.